The normalized spacial score (nSPS) is 15.2. The zero-order chi connectivity index (χ0) is 17.1. The fourth-order valence-corrected chi connectivity index (χ4v) is 3.79. The van der Waals surface area contributed by atoms with Gasteiger partial charge in [-0.05, 0) is 66.8 Å². The highest BCUT2D eigenvalue weighted by molar-refractivity contribution is 5.74. The van der Waals surface area contributed by atoms with E-state index in [0.717, 1.165) is 22.7 Å². The molecule has 1 aromatic heterocycles. The van der Waals surface area contributed by atoms with E-state index in [-0.39, 0.29) is 0 Å². The van der Waals surface area contributed by atoms with Crippen LogP contribution < -0.4 is 11.1 Å². The number of nitrogen functional groups attached to an aromatic ring is 1. The highest BCUT2D eigenvalue weighted by Gasteiger charge is 2.16. The van der Waals surface area contributed by atoms with Crippen molar-refractivity contribution in [3.05, 3.63) is 72.6 Å². The molecule has 3 aromatic rings. The van der Waals surface area contributed by atoms with Crippen LogP contribution in [0.4, 0.5) is 17.1 Å². The number of nitrogens with one attached hydrogen (secondary N) is 1. The van der Waals surface area contributed by atoms with Gasteiger partial charge in [0.25, 0.3) is 0 Å². The van der Waals surface area contributed by atoms with Crippen molar-refractivity contribution < 1.29 is 0 Å². The fourth-order valence-electron chi connectivity index (χ4n) is 3.79. The van der Waals surface area contributed by atoms with E-state index >= 15 is 0 Å². The number of nitrogens with zero attached hydrogens (tertiary/aromatic N) is 1. The van der Waals surface area contributed by atoms with Crippen LogP contribution in [0.25, 0.3) is 5.69 Å². The van der Waals surface area contributed by atoms with Crippen LogP contribution in [-0.4, -0.2) is 4.57 Å². The lowest BCUT2D eigenvalue weighted by molar-refractivity contribution is 0.444. The molecule has 2 aromatic carbocycles. The van der Waals surface area contributed by atoms with Crippen molar-refractivity contribution in [2.24, 2.45) is 0 Å². The van der Waals surface area contributed by atoms with Crippen LogP contribution in [0.5, 0.6) is 0 Å². The quantitative estimate of drug-likeness (QED) is 0.589. The van der Waals surface area contributed by atoms with Gasteiger partial charge in [0.05, 0.1) is 11.4 Å². The van der Waals surface area contributed by atoms with E-state index in [4.69, 9.17) is 5.73 Å². The molecular weight excluding hydrogens is 306 g/mol. The Kier molecular flexibility index (Phi) is 4.47. The predicted molar refractivity (Wildman–Crippen MR) is 106 cm³/mol. The molecule has 3 heteroatoms. The number of anilines is 3. The van der Waals surface area contributed by atoms with Gasteiger partial charge < -0.3 is 15.6 Å². The number of hydrogen-bond acceptors (Lipinski definition) is 2. The minimum Gasteiger partial charge on any atom is -0.397 e. The van der Waals surface area contributed by atoms with Crippen molar-refractivity contribution in [2.45, 2.75) is 38.0 Å². The lowest BCUT2D eigenvalue weighted by atomic mass is 9.84. The average Bonchev–Trinajstić information content (AvgIpc) is 3.19. The van der Waals surface area contributed by atoms with Crippen molar-refractivity contribution in [3.63, 3.8) is 0 Å². The molecule has 1 fully saturated rings. The van der Waals surface area contributed by atoms with E-state index in [9.17, 15) is 0 Å². The molecule has 0 bridgehead atoms. The molecule has 0 saturated heterocycles. The first-order chi connectivity index (χ1) is 12.3. The summed E-state index contributed by atoms with van der Waals surface area (Å²) in [4.78, 5) is 0. The molecule has 0 radical (unpaired) electrons. The molecular formula is C22H25N3. The zero-order valence-corrected chi connectivity index (χ0v) is 14.5. The largest absolute Gasteiger partial charge is 0.397 e. The molecule has 4 rings (SSSR count). The maximum Gasteiger partial charge on any atom is 0.0618 e. The van der Waals surface area contributed by atoms with Gasteiger partial charge in [0.2, 0.25) is 0 Å². The number of benzene rings is 2. The molecule has 1 heterocycles. The molecule has 25 heavy (non-hydrogen) atoms. The van der Waals surface area contributed by atoms with Crippen LogP contribution in [0.2, 0.25) is 0 Å². The summed E-state index contributed by atoms with van der Waals surface area (Å²) in [5.74, 6) is 0.683. The molecule has 0 unspecified atom stereocenters. The van der Waals surface area contributed by atoms with Gasteiger partial charge in [-0.15, -0.1) is 0 Å². The maximum absolute atomic E-state index is 6.34. The summed E-state index contributed by atoms with van der Waals surface area (Å²) in [5.41, 5.74) is 11.7. The van der Waals surface area contributed by atoms with E-state index < -0.39 is 0 Å². The van der Waals surface area contributed by atoms with Crippen molar-refractivity contribution in [2.75, 3.05) is 11.1 Å². The fraction of sp³-hybridized carbons (Fsp3) is 0.273. The Morgan fingerprint density at radius 1 is 0.880 bits per heavy atom. The van der Waals surface area contributed by atoms with E-state index in [1.54, 1.807) is 0 Å². The van der Waals surface area contributed by atoms with Gasteiger partial charge in [-0.1, -0.05) is 31.4 Å². The third kappa shape index (κ3) is 3.55. The number of aromatic nitrogens is 1. The molecule has 3 N–H and O–H groups in total. The summed E-state index contributed by atoms with van der Waals surface area (Å²) in [6.45, 7) is 0. The maximum atomic E-state index is 6.34. The van der Waals surface area contributed by atoms with Gasteiger partial charge in [-0.2, -0.15) is 0 Å². The first kappa shape index (κ1) is 15.8. The monoisotopic (exact) mass is 331 g/mol. The molecule has 0 atom stereocenters. The summed E-state index contributed by atoms with van der Waals surface area (Å²) >= 11 is 0. The van der Waals surface area contributed by atoms with Gasteiger partial charge in [0, 0.05) is 23.8 Å². The van der Waals surface area contributed by atoms with Crippen molar-refractivity contribution in [1.82, 2.24) is 4.57 Å². The standard InChI is InChI=1S/C22H25N3/c23-21-15-18(17-7-2-1-3-8-17)11-12-22(21)24-19-9-6-10-20(16-19)25-13-4-5-14-25/h4-6,9-17,24H,1-3,7-8,23H2. The zero-order valence-electron chi connectivity index (χ0n) is 14.5. The van der Waals surface area contributed by atoms with E-state index in [1.165, 1.54) is 37.7 Å². The van der Waals surface area contributed by atoms with Crippen LogP contribution in [0.15, 0.2) is 67.0 Å². The summed E-state index contributed by atoms with van der Waals surface area (Å²) in [7, 11) is 0. The van der Waals surface area contributed by atoms with Crippen molar-refractivity contribution >= 4 is 17.1 Å². The van der Waals surface area contributed by atoms with Crippen LogP contribution in [0.1, 0.15) is 43.6 Å². The third-order valence-corrected chi connectivity index (χ3v) is 5.18. The van der Waals surface area contributed by atoms with Gasteiger partial charge in [0.1, 0.15) is 0 Å². The number of rotatable bonds is 4. The highest BCUT2D eigenvalue weighted by atomic mass is 15.0. The van der Waals surface area contributed by atoms with E-state index in [1.807, 2.05) is 24.5 Å². The summed E-state index contributed by atoms with van der Waals surface area (Å²) in [6.07, 6.45) is 10.8. The molecule has 0 aliphatic heterocycles. The molecule has 3 nitrogen and oxygen atoms in total. The minimum atomic E-state index is 0.683. The van der Waals surface area contributed by atoms with Crippen LogP contribution in [0, 0.1) is 0 Å². The Balaban J connectivity index is 1.54. The molecule has 0 spiro atoms. The molecule has 1 saturated carbocycles. The molecule has 128 valence electrons. The predicted octanol–water partition coefficient (Wildman–Crippen LogP) is 5.85. The van der Waals surface area contributed by atoms with Crippen molar-refractivity contribution in [1.29, 1.82) is 0 Å². The number of nitrogens with two attached hydrogens (primary N) is 1. The Labute approximate surface area is 149 Å². The highest BCUT2D eigenvalue weighted by Crippen LogP contribution is 2.35. The smallest absolute Gasteiger partial charge is 0.0618 e. The van der Waals surface area contributed by atoms with E-state index in [0.29, 0.717) is 5.92 Å². The van der Waals surface area contributed by atoms with E-state index in [2.05, 4.69) is 52.3 Å². The summed E-state index contributed by atoms with van der Waals surface area (Å²) in [6, 6.07) is 18.9. The second-order valence-corrected chi connectivity index (χ2v) is 6.95. The first-order valence-electron chi connectivity index (χ1n) is 9.19. The lowest BCUT2D eigenvalue weighted by Crippen LogP contribution is -2.06. The Hall–Kier alpha value is -2.68. The van der Waals surface area contributed by atoms with Crippen LogP contribution in [-0.2, 0) is 0 Å². The number of hydrogen-bond donors (Lipinski definition) is 2. The van der Waals surface area contributed by atoms with Gasteiger partial charge >= 0.3 is 0 Å². The van der Waals surface area contributed by atoms with Crippen LogP contribution in [0.3, 0.4) is 0 Å². The second-order valence-electron chi connectivity index (χ2n) is 6.95. The summed E-state index contributed by atoms with van der Waals surface area (Å²) < 4.78 is 2.10. The van der Waals surface area contributed by atoms with Crippen LogP contribution >= 0.6 is 0 Å². The van der Waals surface area contributed by atoms with Gasteiger partial charge in [-0.25, -0.2) is 0 Å². The third-order valence-electron chi connectivity index (χ3n) is 5.18. The Morgan fingerprint density at radius 3 is 2.44 bits per heavy atom. The van der Waals surface area contributed by atoms with Gasteiger partial charge in [0.15, 0.2) is 0 Å². The molecule has 1 aliphatic rings. The van der Waals surface area contributed by atoms with Gasteiger partial charge in [-0.3, -0.25) is 0 Å². The molecule has 1 aliphatic carbocycles. The average molecular weight is 331 g/mol. The molecule has 0 amide bonds. The first-order valence-corrected chi connectivity index (χ1v) is 9.19. The SMILES string of the molecule is Nc1cc(C2CCCCC2)ccc1Nc1cccc(-n2cccc2)c1. The topological polar surface area (TPSA) is 43.0 Å². The minimum absolute atomic E-state index is 0.683. The Bertz CT molecular complexity index is 830. The summed E-state index contributed by atoms with van der Waals surface area (Å²) in [5, 5.41) is 3.47. The van der Waals surface area contributed by atoms with Crippen molar-refractivity contribution in [3.8, 4) is 5.69 Å². The Morgan fingerprint density at radius 2 is 1.68 bits per heavy atom. The second kappa shape index (κ2) is 7.06. The lowest BCUT2D eigenvalue weighted by Gasteiger charge is -2.23.